The number of carboxylic acids is 1. The van der Waals surface area contributed by atoms with Crippen LogP contribution >= 0.6 is 0 Å². The Bertz CT molecular complexity index is 416. The number of rotatable bonds is 4. The lowest BCUT2D eigenvalue weighted by atomic mass is 10.2. The molecule has 86 valence electrons. The van der Waals surface area contributed by atoms with Gasteiger partial charge in [-0.05, 0) is 12.1 Å². The van der Waals surface area contributed by atoms with Crippen molar-refractivity contribution < 1.29 is 23.5 Å². The van der Waals surface area contributed by atoms with Crippen molar-refractivity contribution in [3.63, 3.8) is 0 Å². The molecule has 0 aliphatic rings. The van der Waals surface area contributed by atoms with Crippen molar-refractivity contribution in [2.45, 2.75) is 0 Å². The Morgan fingerprint density at radius 3 is 2.31 bits per heavy atom. The number of para-hydroxylation sites is 1. The fourth-order valence-electron chi connectivity index (χ4n) is 1.43. The Hall–Kier alpha value is -1.82. The van der Waals surface area contributed by atoms with Gasteiger partial charge in [0.15, 0.2) is 18.2 Å². The number of halogens is 2. The number of aliphatic carboxylic acids is 1. The van der Waals surface area contributed by atoms with Crippen LogP contribution in [0.1, 0.15) is 0 Å². The average Bonchev–Trinajstić information content (AvgIpc) is 2.16. The van der Waals surface area contributed by atoms with Gasteiger partial charge in [0.1, 0.15) is 0 Å². The molecule has 1 atom stereocenters. The minimum absolute atomic E-state index is 0.190. The van der Waals surface area contributed by atoms with Crippen molar-refractivity contribution in [2.24, 2.45) is 0 Å². The molecule has 0 saturated carbocycles. The molecule has 0 aliphatic heterocycles. The monoisotopic (exact) mass is 230 g/mol. The van der Waals surface area contributed by atoms with Gasteiger partial charge in [0.25, 0.3) is 0 Å². The van der Waals surface area contributed by atoms with Gasteiger partial charge in [-0.15, -0.1) is 0 Å². The van der Waals surface area contributed by atoms with E-state index < -0.39 is 34.3 Å². The van der Waals surface area contributed by atoms with E-state index >= 15 is 0 Å². The van der Waals surface area contributed by atoms with Crippen LogP contribution in [0.25, 0.3) is 0 Å². The maximum atomic E-state index is 13.4. The van der Waals surface area contributed by atoms with Crippen LogP contribution < -0.4 is 4.48 Å². The van der Waals surface area contributed by atoms with Gasteiger partial charge in [-0.25, -0.2) is 22.9 Å². The Morgan fingerprint density at radius 1 is 1.44 bits per heavy atom. The van der Waals surface area contributed by atoms with Crippen molar-refractivity contribution in [3.05, 3.63) is 29.8 Å². The smallest absolute Gasteiger partial charge is 0.360 e. The van der Waals surface area contributed by atoms with Gasteiger partial charge in [-0.1, -0.05) is 6.07 Å². The fourth-order valence-corrected chi connectivity index (χ4v) is 1.43. The van der Waals surface area contributed by atoms with Crippen LogP contribution in [0.3, 0.4) is 0 Å². The molecule has 1 amide bonds. The van der Waals surface area contributed by atoms with Crippen molar-refractivity contribution in [1.29, 1.82) is 0 Å². The maximum Gasteiger partial charge on any atom is 0.360 e. The van der Waals surface area contributed by atoms with Gasteiger partial charge in [-0.2, -0.15) is 0 Å². The molecular weight excluding hydrogens is 220 g/mol. The Morgan fingerprint density at radius 2 is 1.94 bits per heavy atom. The number of hydrogen-bond acceptors (Lipinski definition) is 2. The molecule has 1 rings (SSSR count). The SMILES string of the molecule is C[N+](C=O)(CC(=O)O)c1c(F)cccc1F. The zero-order chi connectivity index (χ0) is 12.3. The Balaban J connectivity index is 3.32. The highest BCUT2D eigenvalue weighted by Crippen LogP contribution is 2.26. The molecule has 1 aromatic carbocycles. The number of carbonyl (C=O) groups is 2. The molecule has 1 unspecified atom stereocenters. The predicted molar refractivity (Wildman–Crippen MR) is 52.6 cm³/mol. The van der Waals surface area contributed by atoms with E-state index in [0.717, 1.165) is 25.2 Å². The van der Waals surface area contributed by atoms with Gasteiger partial charge in [-0.3, -0.25) is 0 Å². The topological polar surface area (TPSA) is 54.4 Å². The van der Waals surface area contributed by atoms with Crippen LogP contribution in [0.2, 0.25) is 0 Å². The molecule has 1 aromatic rings. The first kappa shape index (κ1) is 12.3. The van der Waals surface area contributed by atoms with Gasteiger partial charge in [0.05, 0.1) is 7.05 Å². The van der Waals surface area contributed by atoms with E-state index in [1.54, 1.807) is 0 Å². The summed E-state index contributed by atoms with van der Waals surface area (Å²) in [6.07, 6.45) is 0.190. The number of benzene rings is 1. The molecule has 0 fully saturated rings. The second kappa shape index (κ2) is 4.36. The summed E-state index contributed by atoms with van der Waals surface area (Å²) in [5, 5.41) is 8.60. The molecule has 16 heavy (non-hydrogen) atoms. The standard InChI is InChI=1S/C10H9F2NO3/c1-13(6-14,5-9(15)16)10-7(11)3-2-4-8(10)12/h2-4,6H,5H2,1H3/p+1. The number of amides is 1. The molecule has 4 nitrogen and oxygen atoms in total. The molecule has 0 aliphatic carbocycles. The fraction of sp³-hybridized carbons (Fsp3) is 0.200. The van der Waals surface area contributed by atoms with Gasteiger partial charge < -0.3 is 5.11 Å². The highest BCUT2D eigenvalue weighted by molar-refractivity contribution is 5.80. The Labute approximate surface area is 90.3 Å². The molecular formula is C10H10F2NO3+. The zero-order valence-corrected chi connectivity index (χ0v) is 8.48. The van der Waals surface area contributed by atoms with Crippen LogP contribution in [-0.4, -0.2) is 31.1 Å². The molecule has 0 saturated heterocycles. The van der Waals surface area contributed by atoms with E-state index in [9.17, 15) is 18.4 Å². The Kier molecular flexibility index (Phi) is 3.34. The number of carbonyl (C=O) groups excluding carboxylic acids is 1. The second-order valence-electron chi connectivity index (χ2n) is 3.50. The number of likely N-dealkylation sites (N-methyl/N-ethyl adjacent to an activating group) is 1. The summed E-state index contributed by atoms with van der Waals surface area (Å²) in [7, 11) is 1.13. The van der Waals surface area contributed by atoms with Crippen LogP contribution in [0.5, 0.6) is 0 Å². The molecule has 0 radical (unpaired) electrons. The number of quaternary nitrogens is 1. The van der Waals surface area contributed by atoms with Crippen molar-refractivity contribution in [3.8, 4) is 0 Å². The van der Waals surface area contributed by atoms with Crippen molar-refractivity contribution in [1.82, 2.24) is 4.48 Å². The summed E-state index contributed by atoms with van der Waals surface area (Å²) in [6.45, 7) is -0.721. The van der Waals surface area contributed by atoms with E-state index in [4.69, 9.17) is 5.11 Å². The van der Waals surface area contributed by atoms with E-state index in [-0.39, 0.29) is 6.41 Å². The van der Waals surface area contributed by atoms with Gasteiger partial charge >= 0.3 is 12.4 Å². The summed E-state index contributed by atoms with van der Waals surface area (Å²) in [4.78, 5) is 21.4. The first-order chi connectivity index (χ1) is 7.40. The quantitative estimate of drug-likeness (QED) is 0.623. The lowest BCUT2D eigenvalue weighted by Crippen LogP contribution is -2.48. The zero-order valence-electron chi connectivity index (χ0n) is 8.48. The third-order valence-electron chi connectivity index (χ3n) is 2.14. The predicted octanol–water partition coefficient (Wildman–Crippen LogP) is 1.14. The molecule has 0 bridgehead atoms. The third-order valence-corrected chi connectivity index (χ3v) is 2.14. The summed E-state index contributed by atoms with van der Waals surface area (Å²) >= 11 is 0. The second-order valence-corrected chi connectivity index (χ2v) is 3.50. The van der Waals surface area contributed by atoms with Crippen LogP contribution in [0, 0.1) is 11.6 Å². The largest absolute Gasteiger partial charge is 0.477 e. The minimum Gasteiger partial charge on any atom is -0.477 e. The third kappa shape index (κ3) is 2.22. The summed E-state index contributed by atoms with van der Waals surface area (Å²) in [5.41, 5.74) is -0.570. The van der Waals surface area contributed by atoms with Crippen LogP contribution in [-0.2, 0) is 9.59 Å². The van der Waals surface area contributed by atoms with Crippen molar-refractivity contribution in [2.75, 3.05) is 13.6 Å². The number of nitrogens with zero attached hydrogens (tertiary/aromatic N) is 1. The highest BCUT2D eigenvalue weighted by Gasteiger charge is 2.34. The molecule has 0 spiro atoms. The number of carboxylic acid groups (broad SMARTS) is 1. The van der Waals surface area contributed by atoms with E-state index in [1.165, 1.54) is 0 Å². The molecule has 0 aromatic heterocycles. The summed E-state index contributed by atoms with van der Waals surface area (Å²) in [6, 6.07) is 3.09. The van der Waals surface area contributed by atoms with Crippen LogP contribution in [0.15, 0.2) is 18.2 Å². The van der Waals surface area contributed by atoms with Gasteiger partial charge in [0, 0.05) is 0 Å². The van der Waals surface area contributed by atoms with E-state index in [1.807, 2.05) is 0 Å². The molecule has 6 heteroatoms. The molecule has 1 N–H and O–H groups in total. The lowest BCUT2D eigenvalue weighted by molar-refractivity contribution is -0.140. The minimum atomic E-state index is -1.32. The summed E-state index contributed by atoms with van der Waals surface area (Å²) < 4.78 is 25.8. The first-order valence-electron chi connectivity index (χ1n) is 4.38. The summed E-state index contributed by atoms with van der Waals surface area (Å²) in [5.74, 6) is -3.22. The normalized spacial score (nSPS) is 14.2. The van der Waals surface area contributed by atoms with Gasteiger partial charge in [0.2, 0.25) is 5.69 Å². The van der Waals surface area contributed by atoms with Crippen LogP contribution in [0.4, 0.5) is 14.5 Å². The maximum absolute atomic E-state index is 13.4. The highest BCUT2D eigenvalue weighted by atomic mass is 19.1. The lowest BCUT2D eigenvalue weighted by Gasteiger charge is -2.24. The number of hydrogen-bond donors (Lipinski definition) is 1. The molecule has 0 heterocycles. The first-order valence-corrected chi connectivity index (χ1v) is 4.38. The van der Waals surface area contributed by atoms with Crippen molar-refractivity contribution >= 4 is 18.1 Å². The average molecular weight is 230 g/mol. The van der Waals surface area contributed by atoms with E-state index in [2.05, 4.69) is 0 Å². The van der Waals surface area contributed by atoms with E-state index in [0.29, 0.717) is 0 Å².